The van der Waals surface area contributed by atoms with E-state index >= 15 is 0 Å². The van der Waals surface area contributed by atoms with Crippen LogP contribution in [0.15, 0.2) is 72.8 Å². The Balaban J connectivity index is 1.24. The molecule has 12 heteroatoms. The number of para-hydroxylation sites is 1. The summed E-state index contributed by atoms with van der Waals surface area (Å²) in [5, 5.41) is 13.7. The zero-order chi connectivity index (χ0) is 36.1. The van der Waals surface area contributed by atoms with Gasteiger partial charge < -0.3 is 29.9 Å². The number of aryl methyl sites for hydroxylation is 1. The summed E-state index contributed by atoms with van der Waals surface area (Å²) in [5.41, 5.74) is 2.63. The summed E-state index contributed by atoms with van der Waals surface area (Å²) < 4.78 is 11.4. The van der Waals surface area contributed by atoms with E-state index in [1.54, 1.807) is 35.0 Å². The zero-order valence-corrected chi connectivity index (χ0v) is 29.6. The van der Waals surface area contributed by atoms with Crippen LogP contribution in [-0.2, 0) is 16.0 Å². The van der Waals surface area contributed by atoms with E-state index in [0.29, 0.717) is 54.9 Å². The van der Waals surface area contributed by atoms with Crippen LogP contribution in [0.3, 0.4) is 0 Å². The number of benzene rings is 3. The first-order valence-corrected chi connectivity index (χ1v) is 17.6. The summed E-state index contributed by atoms with van der Waals surface area (Å²) >= 11 is 0. The van der Waals surface area contributed by atoms with Crippen LogP contribution in [0.5, 0.6) is 11.5 Å². The molecule has 0 spiro atoms. The molecule has 0 radical (unpaired) electrons. The molecule has 3 N–H and O–H groups in total. The van der Waals surface area contributed by atoms with Gasteiger partial charge in [0.15, 0.2) is 17.2 Å². The predicted molar refractivity (Wildman–Crippen MR) is 193 cm³/mol. The van der Waals surface area contributed by atoms with E-state index in [1.165, 1.54) is 7.11 Å². The molecule has 3 heterocycles. The highest BCUT2D eigenvalue weighted by atomic mass is 16.5. The molecule has 4 aromatic rings. The van der Waals surface area contributed by atoms with E-state index in [9.17, 15) is 19.2 Å². The minimum atomic E-state index is -0.746. The van der Waals surface area contributed by atoms with Crippen molar-refractivity contribution in [3.05, 3.63) is 89.6 Å². The minimum absolute atomic E-state index is 0.0674. The van der Waals surface area contributed by atoms with Crippen molar-refractivity contribution >= 4 is 34.5 Å². The molecule has 3 aromatic carbocycles. The van der Waals surface area contributed by atoms with E-state index in [-0.39, 0.29) is 53.8 Å². The number of aromatic nitrogens is 2. The fraction of sp³-hybridized carbons (Fsp3) is 0.410. The van der Waals surface area contributed by atoms with E-state index < -0.39 is 12.0 Å². The summed E-state index contributed by atoms with van der Waals surface area (Å²) in [5.74, 6) is -1.13. The lowest BCUT2D eigenvalue weighted by molar-refractivity contribution is -0.133. The van der Waals surface area contributed by atoms with Gasteiger partial charge in [-0.2, -0.15) is 5.10 Å². The first-order chi connectivity index (χ1) is 24.7. The van der Waals surface area contributed by atoms with Crippen LogP contribution < -0.4 is 20.1 Å². The Hall–Kier alpha value is -5.39. The third-order valence-corrected chi connectivity index (χ3v) is 9.92. The Morgan fingerprint density at radius 1 is 0.902 bits per heavy atom. The molecule has 51 heavy (non-hydrogen) atoms. The largest absolute Gasteiger partial charge is 0.493 e. The number of piperidine rings is 1. The number of H-pyrrole nitrogens is 1. The molecule has 4 amide bonds. The van der Waals surface area contributed by atoms with Crippen molar-refractivity contribution in [2.24, 2.45) is 17.8 Å². The maximum Gasteiger partial charge on any atom is 0.275 e. The number of carbonyl (C=O) groups excluding carboxylic acids is 4. The van der Waals surface area contributed by atoms with Gasteiger partial charge in [-0.05, 0) is 74.8 Å². The fourth-order valence-electron chi connectivity index (χ4n) is 7.37. The van der Waals surface area contributed by atoms with Crippen LogP contribution in [0.2, 0.25) is 0 Å². The second-order valence-corrected chi connectivity index (χ2v) is 13.7. The zero-order valence-electron chi connectivity index (χ0n) is 29.6. The van der Waals surface area contributed by atoms with Crippen LogP contribution in [-0.4, -0.2) is 96.1 Å². The lowest BCUT2D eigenvalue weighted by Crippen LogP contribution is -2.56. The van der Waals surface area contributed by atoms with Crippen molar-refractivity contribution < 1.29 is 28.7 Å². The van der Waals surface area contributed by atoms with Gasteiger partial charge >= 0.3 is 0 Å². The normalized spacial score (nSPS) is 19.0. The molecule has 1 aromatic heterocycles. The minimum Gasteiger partial charge on any atom is -0.493 e. The molecular formula is C39H46N6O6. The number of hydrogen-bond acceptors (Lipinski definition) is 7. The second kappa shape index (κ2) is 15.7. The maximum absolute atomic E-state index is 14.2. The molecule has 0 saturated carbocycles. The molecule has 2 saturated heterocycles. The molecule has 2 fully saturated rings. The Morgan fingerprint density at radius 3 is 2.35 bits per heavy atom. The maximum atomic E-state index is 14.2. The summed E-state index contributed by atoms with van der Waals surface area (Å²) in [6.07, 6.45) is 1.85. The average molecular weight is 695 g/mol. The number of rotatable bonds is 12. The third kappa shape index (κ3) is 7.84. The number of hydrogen-bond donors (Lipinski definition) is 3. The molecule has 0 bridgehead atoms. The lowest BCUT2D eigenvalue weighted by atomic mass is 9.79. The highest BCUT2D eigenvalue weighted by Crippen LogP contribution is 2.38. The number of amides is 4. The van der Waals surface area contributed by atoms with Crippen LogP contribution in [0.4, 0.5) is 0 Å². The predicted octanol–water partition coefficient (Wildman–Crippen LogP) is 4.07. The third-order valence-electron chi connectivity index (χ3n) is 9.92. The van der Waals surface area contributed by atoms with Crippen molar-refractivity contribution in [3.8, 4) is 11.5 Å². The van der Waals surface area contributed by atoms with Crippen molar-refractivity contribution in [3.63, 3.8) is 0 Å². The highest BCUT2D eigenvalue weighted by Gasteiger charge is 2.48. The number of ether oxygens (including phenoxy) is 2. The number of likely N-dealkylation sites (N-methyl/N-ethyl adjacent to an activating group) is 1. The number of nitrogens with one attached hydrogen (secondary N) is 3. The van der Waals surface area contributed by atoms with Crippen LogP contribution in [0.25, 0.3) is 10.9 Å². The van der Waals surface area contributed by atoms with Gasteiger partial charge in [0, 0.05) is 44.2 Å². The van der Waals surface area contributed by atoms with Gasteiger partial charge in [-0.1, -0.05) is 48.5 Å². The second-order valence-electron chi connectivity index (χ2n) is 13.7. The van der Waals surface area contributed by atoms with Gasteiger partial charge in [-0.25, -0.2) is 0 Å². The quantitative estimate of drug-likeness (QED) is 0.203. The molecule has 4 atom stereocenters. The summed E-state index contributed by atoms with van der Waals surface area (Å²) in [6, 6.07) is 21.8. The molecule has 3 unspecified atom stereocenters. The molecule has 12 nitrogen and oxygen atoms in total. The number of likely N-dealkylation sites (tertiary alicyclic amines) is 2. The van der Waals surface area contributed by atoms with Crippen molar-refractivity contribution in [1.29, 1.82) is 0 Å². The van der Waals surface area contributed by atoms with Crippen molar-refractivity contribution in [2.75, 3.05) is 40.3 Å². The van der Waals surface area contributed by atoms with Gasteiger partial charge in [0.1, 0.15) is 6.04 Å². The number of nitrogens with zero attached hydrogens (tertiary/aromatic N) is 3. The first-order valence-electron chi connectivity index (χ1n) is 17.6. The van der Waals surface area contributed by atoms with Gasteiger partial charge in [0.25, 0.3) is 11.8 Å². The molecule has 6 rings (SSSR count). The van der Waals surface area contributed by atoms with Crippen molar-refractivity contribution in [1.82, 2.24) is 30.6 Å². The van der Waals surface area contributed by atoms with Crippen molar-refractivity contribution in [2.45, 2.75) is 45.3 Å². The summed E-state index contributed by atoms with van der Waals surface area (Å²) in [6.45, 7) is 5.02. The number of fused-ring (bicyclic) bond motifs is 2. The van der Waals surface area contributed by atoms with Crippen LogP contribution in [0.1, 0.15) is 53.1 Å². The summed E-state index contributed by atoms with van der Waals surface area (Å²) in [7, 11) is 3.09. The average Bonchev–Trinajstić information content (AvgIpc) is 3.78. The van der Waals surface area contributed by atoms with E-state index in [1.807, 2.05) is 68.4 Å². The van der Waals surface area contributed by atoms with Gasteiger partial charge in [-0.3, -0.25) is 24.3 Å². The fourth-order valence-corrected chi connectivity index (χ4v) is 7.37. The molecular weight excluding hydrogens is 648 g/mol. The monoisotopic (exact) mass is 694 g/mol. The van der Waals surface area contributed by atoms with Gasteiger partial charge in [0.05, 0.1) is 24.6 Å². The molecule has 2 aliphatic heterocycles. The first kappa shape index (κ1) is 35.4. The highest BCUT2D eigenvalue weighted by molar-refractivity contribution is 6.05. The Kier molecular flexibility index (Phi) is 10.9. The Bertz CT molecular complexity index is 1880. The van der Waals surface area contributed by atoms with E-state index in [2.05, 4.69) is 20.8 Å². The van der Waals surface area contributed by atoms with E-state index in [4.69, 9.17) is 9.47 Å². The number of aromatic amines is 1. The smallest absolute Gasteiger partial charge is 0.275 e. The number of methoxy groups -OCH3 is 1. The van der Waals surface area contributed by atoms with E-state index in [0.717, 1.165) is 17.5 Å². The topological polar surface area (TPSA) is 146 Å². The van der Waals surface area contributed by atoms with Crippen LogP contribution >= 0.6 is 0 Å². The Morgan fingerprint density at radius 2 is 1.63 bits per heavy atom. The van der Waals surface area contributed by atoms with Gasteiger partial charge in [0.2, 0.25) is 11.8 Å². The van der Waals surface area contributed by atoms with Crippen LogP contribution in [0, 0.1) is 17.8 Å². The standard InChI is InChI=1S/C39H46N6O6/c1-24(2)51-33-18-17-26(19-34(33)50-4)38(48)44-20-27-21-45(39(49)35-28-14-8-9-15-31(28)42-43-35)23-30(29(27)22-44)36(46)41-32(37(47)40-3)16-10-13-25-11-6-5-7-12-25/h5-9,11-12,14-15,17-19,24,27,29-30,32H,10,13,16,20-23H2,1-4H3,(H,40,47)(H,41,46)(H,42,43)/t27?,29?,30?,32-/m0/s1. The molecule has 2 aliphatic rings. The lowest BCUT2D eigenvalue weighted by Gasteiger charge is -2.39. The summed E-state index contributed by atoms with van der Waals surface area (Å²) in [4.78, 5) is 58.7. The molecule has 268 valence electrons. The van der Waals surface area contributed by atoms with Gasteiger partial charge in [-0.15, -0.1) is 0 Å². The Labute approximate surface area is 297 Å². The molecule has 0 aliphatic carbocycles. The number of carbonyl (C=O) groups is 4. The SMILES string of the molecule is CNC(=O)[C@H](CCCc1ccccc1)NC(=O)C1CN(C(=O)c2n[nH]c3ccccc23)CC2CN(C(=O)c3ccc(OC(C)C)c(OC)c3)CC21.